The van der Waals surface area contributed by atoms with Gasteiger partial charge >= 0.3 is 12.2 Å². The molecule has 0 aliphatic rings. The normalized spacial score (nSPS) is 12.8. The topological polar surface area (TPSA) is 157 Å². The van der Waals surface area contributed by atoms with Gasteiger partial charge in [0.15, 0.2) is 0 Å². The van der Waals surface area contributed by atoms with Gasteiger partial charge in [0.05, 0.1) is 16.6 Å². The standard InChI is InChI=1S/C19H28N6O5/c1-12(26)23-16(8-13-9-21-11-25(13)5)17(28)24-15(7-6-14(27)10-22-20)18(29)30-19(2,3)4/h9-11,15-16,20H,6-8H2,1-5H3,(H-,23,24,26,28)/p+1/t15-,16-/m0/s1. The maximum Gasteiger partial charge on any atom is 0.372 e. The number of carbonyl (C=O) groups is 4. The molecule has 0 aliphatic heterocycles. The van der Waals surface area contributed by atoms with E-state index in [2.05, 4.69) is 20.4 Å². The lowest BCUT2D eigenvalue weighted by Gasteiger charge is -2.26. The minimum absolute atomic E-state index is 0.0377. The molecular formula is C19H29N6O5+. The van der Waals surface area contributed by atoms with Crippen LogP contribution in [0.2, 0.25) is 0 Å². The molecule has 0 saturated heterocycles. The fourth-order valence-corrected chi connectivity index (χ4v) is 2.56. The van der Waals surface area contributed by atoms with Crippen LogP contribution in [-0.2, 0) is 37.4 Å². The number of hydrogen-bond acceptors (Lipinski definition) is 7. The lowest BCUT2D eigenvalue weighted by atomic mass is 10.1. The van der Waals surface area contributed by atoms with E-state index in [-0.39, 0.29) is 19.3 Å². The molecule has 30 heavy (non-hydrogen) atoms. The first-order valence-corrected chi connectivity index (χ1v) is 9.41. The predicted octanol–water partition coefficient (Wildman–Crippen LogP) is -0.0469. The van der Waals surface area contributed by atoms with Gasteiger partial charge in [0, 0.05) is 38.7 Å². The number of ketones is 1. The van der Waals surface area contributed by atoms with Gasteiger partial charge in [0.2, 0.25) is 17.6 Å². The highest BCUT2D eigenvalue weighted by Crippen LogP contribution is 2.12. The van der Waals surface area contributed by atoms with E-state index in [0.29, 0.717) is 5.69 Å². The zero-order valence-corrected chi connectivity index (χ0v) is 17.9. The molecule has 3 N–H and O–H groups in total. The SMILES string of the molecule is CC(=O)N[C@@H](Cc1cncn1C)C(=O)N[C@@H](CCC(=O)C=[N+]=N)C(=O)OC(C)(C)C. The number of amides is 2. The third-order valence-corrected chi connectivity index (χ3v) is 3.92. The number of nitrogens with one attached hydrogen (secondary N) is 3. The van der Waals surface area contributed by atoms with Crippen LogP contribution in [0.5, 0.6) is 0 Å². The number of esters is 1. The predicted molar refractivity (Wildman–Crippen MR) is 106 cm³/mol. The fourth-order valence-electron chi connectivity index (χ4n) is 2.56. The molecule has 2 atom stereocenters. The van der Waals surface area contributed by atoms with Gasteiger partial charge < -0.3 is 19.9 Å². The Morgan fingerprint density at radius 3 is 2.43 bits per heavy atom. The molecule has 0 bridgehead atoms. The molecule has 1 aromatic heterocycles. The molecule has 1 aromatic rings. The number of nitrogens with zero attached hydrogens (tertiary/aromatic N) is 3. The van der Waals surface area contributed by atoms with Crippen molar-refractivity contribution in [2.45, 2.75) is 64.6 Å². The monoisotopic (exact) mass is 421 g/mol. The van der Waals surface area contributed by atoms with Crippen LogP contribution in [0, 0.1) is 5.53 Å². The summed E-state index contributed by atoms with van der Waals surface area (Å²) >= 11 is 0. The van der Waals surface area contributed by atoms with E-state index in [0.717, 1.165) is 6.21 Å². The second-order valence-electron chi connectivity index (χ2n) is 7.81. The van der Waals surface area contributed by atoms with Gasteiger partial charge in [-0.3, -0.25) is 14.4 Å². The van der Waals surface area contributed by atoms with Crippen LogP contribution in [0.3, 0.4) is 0 Å². The maximum atomic E-state index is 12.9. The number of aryl methyl sites for hydroxylation is 1. The van der Waals surface area contributed by atoms with Crippen LogP contribution in [0.1, 0.15) is 46.2 Å². The zero-order valence-electron chi connectivity index (χ0n) is 17.9. The lowest BCUT2D eigenvalue weighted by molar-refractivity contribution is -0.159. The van der Waals surface area contributed by atoms with Crippen LogP contribution in [0.15, 0.2) is 12.5 Å². The Bertz CT molecular complexity index is 835. The Balaban J connectivity index is 2.99. The number of carbonyl (C=O) groups excluding carboxylic acids is 4. The van der Waals surface area contributed by atoms with Crippen molar-refractivity contribution in [3.63, 3.8) is 0 Å². The first-order chi connectivity index (χ1) is 13.9. The Morgan fingerprint density at radius 2 is 1.93 bits per heavy atom. The van der Waals surface area contributed by atoms with Crippen molar-refractivity contribution >= 4 is 29.8 Å². The Hall–Kier alpha value is -3.33. The summed E-state index contributed by atoms with van der Waals surface area (Å²) < 4.78 is 7.06. The molecule has 1 heterocycles. The minimum atomic E-state index is -1.11. The highest BCUT2D eigenvalue weighted by molar-refractivity contribution is 6.25. The van der Waals surface area contributed by atoms with Gasteiger partial charge in [0.1, 0.15) is 17.7 Å². The van der Waals surface area contributed by atoms with Gasteiger partial charge in [-0.15, -0.1) is 0 Å². The van der Waals surface area contributed by atoms with Crippen molar-refractivity contribution in [3.05, 3.63) is 18.2 Å². The number of aromatic nitrogens is 2. The van der Waals surface area contributed by atoms with Crippen LogP contribution < -0.4 is 10.6 Å². The quantitative estimate of drug-likeness (QED) is 0.208. The Morgan fingerprint density at radius 1 is 1.27 bits per heavy atom. The minimum Gasteiger partial charge on any atom is -0.458 e. The second-order valence-corrected chi connectivity index (χ2v) is 7.81. The van der Waals surface area contributed by atoms with Crippen molar-refractivity contribution < 1.29 is 28.7 Å². The molecule has 11 nitrogen and oxygen atoms in total. The molecule has 2 amide bonds. The van der Waals surface area contributed by atoms with Crippen LogP contribution in [-0.4, -0.2) is 61.8 Å². The van der Waals surface area contributed by atoms with Gasteiger partial charge in [-0.2, -0.15) is 0 Å². The highest BCUT2D eigenvalue weighted by atomic mass is 16.6. The van der Waals surface area contributed by atoms with E-state index in [4.69, 9.17) is 10.3 Å². The van der Waals surface area contributed by atoms with Crippen molar-refractivity contribution in [2.24, 2.45) is 7.05 Å². The molecule has 0 radical (unpaired) electrons. The molecule has 0 fully saturated rings. The second kappa shape index (κ2) is 11.0. The van der Waals surface area contributed by atoms with Crippen molar-refractivity contribution in [1.29, 1.82) is 5.53 Å². The highest BCUT2D eigenvalue weighted by Gasteiger charge is 2.30. The van der Waals surface area contributed by atoms with Gasteiger partial charge in [-0.25, -0.2) is 9.78 Å². The molecule has 0 spiro atoms. The molecule has 0 aromatic carbocycles. The lowest BCUT2D eigenvalue weighted by Crippen LogP contribution is -2.53. The summed E-state index contributed by atoms with van der Waals surface area (Å²) in [7, 11) is 1.76. The van der Waals surface area contributed by atoms with E-state index < -0.39 is 41.3 Å². The molecule has 1 rings (SSSR count). The average molecular weight is 421 g/mol. The first kappa shape index (κ1) is 24.7. The summed E-state index contributed by atoms with van der Waals surface area (Å²) in [6, 6.07) is -2.06. The van der Waals surface area contributed by atoms with Crippen molar-refractivity contribution in [3.8, 4) is 0 Å². The summed E-state index contributed by atoms with van der Waals surface area (Å²) in [5.74, 6) is -2.16. The van der Waals surface area contributed by atoms with Crippen LogP contribution in [0.4, 0.5) is 0 Å². The average Bonchev–Trinajstić information content (AvgIpc) is 3.00. The summed E-state index contributed by atoms with van der Waals surface area (Å²) in [4.78, 5) is 55.6. The maximum absolute atomic E-state index is 12.9. The van der Waals surface area contributed by atoms with E-state index >= 15 is 0 Å². The van der Waals surface area contributed by atoms with Gasteiger partial charge in [-0.05, 0) is 27.2 Å². The summed E-state index contributed by atoms with van der Waals surface area (Å²) in [6.45, 7) is 6.34. The number of hydrogen-bond donors (Lipinski definition) is 3. The third kappa shape index (κ3) is 8.78. The summed E-state index contributed by atoms with van der Waals surface area (Å²) in [6.07, 6.45) is 3.99. The molecule has 0 saturated carbocycles. The smallest absolute Gasteiger partial charge is 0.372 e. The number of ether oxygens (including phenoxy) is 1. The number of rotatable bonds is 10. The van der Waals surface area contributed by atoms with E-state index in [1.807, 2.05) is 0 Å². The first-order valence-electron chi connectivity index (χ1n) is 9.41. The van der Waals surface area contributed by atoms with Crippen LogP contribution in [0.25, 0.3) is 0 Å². The third-order valence-electron chi connectivity index (χ3n) is 3.92. The van der Waals surface area contributed by atoms with Gasteiger partial charge in [-0.1, -0.05) is 0 Å². The Labute approximate surface area is 174 Å². The summed E-state index contributed by atoms with van der Waals surface area (Å²) in [5, 5.41) is 5.14. The van der Waals surface area contributed by atoms with Gasteiger partial charge in [0.25, 0.3) is 0 Å². The van der Waals surface area contributed by atoms with E-state index in [1.165, 1.54) is 6.92 Å². The van der Waals surface area contributed by atoms with Crippen molar-refractivity contribution in [1.82, 2.24) is 20.2 Å². The van der Waals surface area contributed by atoms with Crippen LogP contribution >= 0.6 is 0 Å². The fraction of sp³-hybridized carbons (Fsp3) is 0.579. The Kier molecular flexibility index (Phi) is 9.07. The van der Waals surface area contributed by atoms with E-state index in [1.54, 1.807) is 44.9 Å². The molecular weight excluding hydrogens is 392 g/mol. The molecule has 0 aliphatic carbocycles. The number of imidazole rings is 1. The number of Topliss-reactive ketones (excluding diaryl/α,β-unsaturated/α-hetero) is 1. The molecule has 164 valence electrons. The largest absolute Gasteiger partial charge is 0.458 e. The van der Waals surface area contributed by atoms with Crippen molar-refractivity contribution in [2.75, 3.05) is 0 Å². The molecule has 11 heteroatoms. The van der Waals surface area contributed by atoms with E-state index in [9.17, 15) is 19.2 Å². The zero-order chi connectivity index (χ0) is 22.9. The molecule has 0 unspecified atom stereocenters. The summed E-state index contributed by atoms with van der Waals surface area (Å²) in [5.41, 5.74) is 6.62.